The molecule has 0 bridgehead atoms. The van der Waals surface area contributed by atoms with Gasteiger partial charge in [-0.25, -0.2) is 4.79 Å². The first-order valence-corrected chi connectivity index (χ1v) is 7.70. The van der Waals surface area contributed by atoms with Crippen LogP contribution < -0.4 is 4.90 Å². The Morgan fingerprint density at radius 2 is 1.71 bits per heavy atom. The van der Waals surface area contributed by atoms with Crippen LogP contribution in [0.3, 0.4) is 0 Å². The van der Waals surface area contributed by atoms with Gasteiger partial charge in [0.15, 0.2) is 0 Å². The van der Waals surface area contributed by atoms with E-state index in [9.17, 15) is 46.1 Å². The number of alkyl halides is 6. The molecule has 0 aromatic heterocycles. The number of rotatable bonds is 3. The van der Waals surface area contributed by atoms with E-state index in [2.05, 4.69) is 4.74 Å². The van der Waals surface area contributed by atoms with Crippen molar-refractivity contribution in [3.05, 3.63) is 29.3 Å². The number of fused-ring (bicyclic) bond motifs is 1. The van der Waals surface area contributed by atoms with Crippen molar-refractivity contribution >= 4 is 17.6 Å². The molecule has 0 radical (unpaired) electrons. The van der Waals surface area contributed by atoms with Crippen LogP contribution in [0.2, 0.25) is 0 Å². The predicted octanol–water partition coefficient (Wildman–Crippen LogP) is 2.11. The highest BCUT2D eigenvalue weighted by molar-refractivity contribution is 6.08. The van der Waals surface area contributed by atoms with E-state index >= 15 is 0 Å². The number of aliphatic hydroxyl groups is 2. The van der Waals surface area contributed by atoms with Crippen molar-refractivity contribution in [1.29, 1.82) is 0 Å². The molecule has 12 heteroatoms. The Morgan fingerprint density at radius 3 is 2.11 bits per heavy atom. The van der Waals surface area contributed by atoms with Gasteiger partial charge in [-0.1, -0.05) is 6.07 Å². The van der Waals surface area contributed by atoms with Crippen LogP contribution >= 0.6 is 0 Å². The quantitative estimate of drug-likeness (QED) is 0.584. The first kappa shape index (κ1) is 22.0. The minimum atomic E-state index is -5.66. The van der Waals surface area contributed by atoms with Gasteiger partial charge in [0.25, 0.3) is 17.1 Å². The monoisotopic (exact) mass is 415 g/mol. The zero-order chi connectivity index (χ0) is 21.9. The largest absolute Gasteiger partial charge is 0.466 e. The lowest BCUT2D eigenvalue weighted by atomic mass is 9.87. The fourth-order valence-electron chi connectivity index (χ4n) is 2.99. The summed E-state index contributed by atoms with van der Waals surface area (Å²) < 4.78 is 84.6. The van der Waals surface area contributed by atoms with Gasteiger partial charge < -0.3 is 19.8 Å². The topological polar surface area (TPSA) is 87.1 Å². The third-order valence-corrected chi connectivity index (χ3v) is 4.41. The highest BCUT2D eigenvalue weighted by Crippen LogP contribution is 2.52. The van der Waals surface area contributed by atoms with Crippen LogP contribution in [0.1, 0.15) is 25.0 Å². The molecule has 156 valence electrons. The Morgan fingerprint density at radius 1 is 1.18 bits per heavy atom. The summed E-state index contributed by atoms with van der Waals surface area (Å²) in [5, 5.41) is 20.1. The molecule has 0 fully saturated rings. The third kappa shape index (κ3) is 2.73. The van der Waals surface area contributed by atoms with Crippen molar-refractivity contribution in [3.8, 4) is 0 Å². The zero-order valence-electron chi connectivity index (χ0n) is 14.6. The summed E-state index contributed by atoms with van der Waals surface area (Å²) in [6.07, 6.45) is -11.2. The zero-order valence-corrected chi connectivity index (χ0v) is 14.6. The molecule has 0 spiro atoms. The van der Waals surface area contributed by atoms with Crippen LogP contribution in [0.15, 0.2) is 18.2 Å². The van der Waals surface area contributed by atoms with E-state index in [4.69, 9.17) is 0 Å². The number of halogens is 6. The van der Waals surface area contributed by atoms with Crippen molar-refractivity contribution in [2.75, 3.05) is 12.0 Å². The van der Waals surface area contributed by atoms with E-state index in [1.165, 1.54) is 13.8 Å². The summed E-state index contributed by atoms with van der Waals surface area (Å²) >= 11 is 0. The van der Waals surface area contributed by atoms with Gasteiger partial charge in [-0.05, 0) is 26.0 Å². The number of nitrogens with zero attached hydrogens (tertiary/aromatic N) is 1. The molecular weight excluding hydrogens is 400 g/mol. The van der Waals surface area contributed by atoms with Crippen LogP contribution in [-0.2, 0) is 25.5 Å². The van der Waals surface area contributed by atoms with Gasteiger partial charge >= 0.3 is 18.3 Å². The number of methoxy groups -OCH3 is 1. The van der Waals surface area contributed by atoms with Gasteiger partial charge in [0.05, 0.1) is 12.8 Å². The lowest BCUT2D eigenvalue weighted by Gasteiger charge is -2.29. The van der Waals surface area contributed by atoms with Crippen LogP contribution in [0, 0.1) is 0 Å². The normalized spacial score (nSPS) is 22.3. The number of hydrogen-bond acceptors (Lipinski definition) is 5. The van der Waals surface area contributed by atoms with Crippen LogP contribution in [0.25, 0.3) is 0 Å². The standard InChI is InChI=1S/C16H15F6NO5/c1-7(2)23-10-5-4-8(13(26,12(25)28-3)15(17,18)19)6-9(10)14(27,11(23)24)16(20,21)22/h4-7,26-27H,1-3H3. The van der Waals surface area contributed by atoms with Gasteiger partial charge in [0.2, 0.25) is 0 Å². The molecule has 2 rings (SSSR count). The maximum absolute atomic E-state index is 13.5. The summed E-state index contributed by atoms with van der Waals surface area (Å²) in [6.45, 7) is 2.66. The van der Waals surface area contributed by atoms with Crippen molar-refractivity contribution in [2.24, 2.45) is 0 Å². The SMILES string of the molecule is COC(=O)C(O)(c1ccc2c(c1)C(O)(C(F)(F)F)C(=O)N2C(C)C)C(F)(F)F. The predicted molar refractivity (Wildman–Crippen MR) is 81.0 cm³/mol. The molecule has 1 aromatic carbocycles. The second kappa shape index (κ2) is 6.34. The third-order valence-electron chi connectivity index (χ3n) is 4.41. The summed E-state index contributed by atoms with van der Waals surface area (Å²) in [4.78, 5) is 24.5. The number of ether oxygens (including phenoxy) is 1. The van der Waals surface area contributed by atoms with E-state index in [-0.39, 0.29) is 6.07 Å². The van der Waals surface area contributed by atoms with Crippen molar-refractivity contribution in [1.82, 2.24) is 0 Å². The summed E-state index contributed by atoms with van der Waals surface area (Å²) in [5.74, 6) is -4.00. The van der Waals surface area contributed by atoms with Gasteiger partial charge in [0, 0.05) is 17.2 Å². The number of carbonyl (C=O) groups is 2. The molecule has 0 saturated heterocycles. The Labute approximate surface area is 154 Å². The number of carbonyl (C=O) groups excluding carboxylic acids is 2. The summed E-state index contributed by atoms with van der Waals surface area (Å²) in [6, 6.07) is 0.476. The fourth-order valence-corrected chi connectivity index (χ4v) is 2.99. The molecule has 2 N–H and O–H groups in total. The van der Waals surface area contributed by atoms with Crippen molar-refractivity contribution in [3.63, 3.8) is 0 Å². The minimum Gasteiger partial charge on any atom is -0.466 e. The second-order valence-corrected chi connectivity index (χ2v) is 6.41. The molecule has 1 amide bonds. The Bertz CT molecular complexity index is 821. The summed E-state index contributed by atoms with van der Waals surface area (Å²) in [5.41, 5.74) is -11.5. The van der Waals surface area contributed by atoms with E-state index in [1.54, 1.807) is 0 Å². The maximum atomic E-state index is 13.5. The Hall–Kier alpha value is -2.34. The average molecular weight is 415 g/mol. The smallest absolute Gasteiger partial charge is 0.432 e. The molecule has 2 unspecified atom stereocenters. The molecule has 1 aromatic rings. The van der Waals surface area contributed by atoms with E-state index in [1.807, 2.05) is 0 Å². The summed E-state index contributed by atoms with van der Waals surface area (Å²) in [7, 11) is 0.544. The van der Waals surface area contributed by atoms with Crippen LogP contribution in [0.5, 0.6) is 0 Å². The maximum Gasteiger partial charge on any atom is 0.432 e. The average Bonchev–Trinajstić information content (AvgIpc) is 2.80. The Kier molecular flexibility index (Phi) is 4.97. The number of amides is 1. The van der Waals surface area contributed by atoms with Crippen LogP contribution in [0.4, 0.5) is 32.0 Å². The highest BCUT2D eigenvalue weighted by atomic mass is 19.4. The lowest BCUT2D eigenvalue weighted by Crippen LogP contribution is -2.52. The molecule has 0 aliphatic carbocycles. The van der Waals surface area contributed by atoms with E-state index in [0.717, 1.165) is 0 Å². The molecular formula is C16H15F6NO5. The number of anilines is 1. The molecule has 1 aliphatic rings. The number of esters is 1. The first-order valence-electron chi connectivity index (χ1n) is 7.70. The van der Waals surface area contributed by atoms with E-state index in [0.29, 0.717) is 24.1 Å². The molecule has 0 saturated carbocycles. The van der Waals surface area contributed by atoms with Gasteiger partial charge in [-0.15, -0.1) is 0 Å². The lowest BCUT2D eigenvalue weighted by molar-refractivity contribution is -0.267. The van der Waals surface area contributed by atoms with Gasteiger partial charge in [0.1, 0.15) is 0 Å². The molecule has 1 aliphatic heterocycles. The molecule has 28 heavy (non-hydrogen) atoms. The van der Waals surface area contributed by atoms with Gasteiger partial charge in [-0.2, -0.15) is 26.3 Å². The number of hydrogen-bond donors (Lipinski definition) is 2. The van der Waals surface area contributed by atoms with Crippen molar-refractivity contribution < 1.29 is 50.9 Å². The molecule has 6 nitrogen and oxygen atoms in total. The fraction of sp³-hybridized carbons (Fsp3) is 0.500. The number of benzene rings is 1. The second-order valence-electron chi connectivity index (χ2n) is 6.41. The first-order chi connectivity index (χ1) is 12.5. The van der Waals surface area contributed by atoms with E-state index < -0.39 is 58.3 Å². The Balaban J connectivity index is 2.85. The van der Waals surface area contributed by atoms with Gasteiger partial charge in [-0.3, -0.25) is 4.79 Å². The van der Waals surface area contributed by atoms with Crippen LogP contribution in [-0.4, -0.2) is 47.6 Å². The molecule has 1 heterocycles. The minimum absolute atomic E-state index is 0.132. The highest BCUT2D eigenvalue weighted by Gasteiger charge is 2.68. The van der Waals surface area contributed by atoms with Crippen molar-refractivity contribution in [2.45, 2.75) is 43.4 Å². The molecule has 2 atom stereocenters.